The Bertz CT molecular complexity index is 570. The summed E-state index contributed by atoms with van der Waals surface area (Å²) in [5, 5.41) is 0. The average molecular weight is 282 g/mol. The van der Waals surface area contributed by atoms with Gasteiger partial charge < -0.3 is 10.5 Å². The Morgan fingerprint density at radius 1 is 1.05 bits per heavy atom. The quantitative estimate of drug-likeness (QED) is 0.937. The van der Waals surface area contributed by atoms with Crippen LogP contribution in [0.5, 0.6) is 5.75 Å². The Morgan fingerprint density at radius 3 is 2.67 bits per heavy atom. The summed E-state index contributed by atoms with van der Waals surface area (Å²) < 4.78 is 5.80. The Labute approximate surface area is 126 Å². The van der Waals surface area contributed by atoms with Crippen molar-refractivity contribution in [3.8, 4) is 5.75 Å². The highest BCUT2D eigenvalue weighted by molar-refractivity contribution is 5.33. The zero-order valence-electron chi connectivity index (χ0n) is 12.2. The number of benzene rings is 2. The molecule has 0 spiro atoms. The van der Waals surface area contributed by atoms with Gasteiger partial charge in [-0.25, -0.2) is 0 Å². The predicted molar refractivity (Wildman–Crippen MR) is 85.2 cm³/mol. The third-order valence-corrected chi connectivity index (χ3v) is 4.02. The van der Waals surface area contributed by atoms with Crippen molar-refractivity contribution < 1.29 is 4.74 Å². The fourth-order valence-corrected chi connectivity index (χ4v) is 2.76. The zero-order chi connectivity index (χ0) is 14.5. The number of fused-ring (bicyclic) bond motifs is 1. The van der Waals surface area contributed by atoms with Crippen LogP contribution in [0.2, 0.25) is 0 Å². The van der Waals surface area contributed by atoms with Gasteiger partial charge in [0.2, 0.25) is 0 Å². The summed E-state index contributed by atoms with van der Waals surface area (Å²) in [5.74, 6) is 1.02. The lowest BCUT2D eigenvalue weighted by Crippen LogP contribution is -2.29. The van der Waals surface area contributed by atoms with E-state index < -0.39 is 0 Å². The maximum absolute atomic E-state index is 6.29. The van der Waals surface area contributed by atoms with Crippen LogP contribution in [0, 0.1) is 0 Å². The molecular formula is C18H22N2O. The maximum atomic E-state index is 6.29. The molecule has 3 rings (SSSR count). The fourth-order valence-electron chi connectivity index (χ4n) is 2.76. The van der Waals surface area contributed by atoms with Gasteiger partial charge in [-0.1, -0.05) is 48.5 Å². The highest BCUT2D eigenvalue weighted by Crippen LogP contribution is 2.23. The number of hydrogen-bond donors (Lipinski definition) is 1. The molecule has 0 radical (unpaired) electrons. The van der Waals surface area contributed by atoms with Crippen LogP contribution in [0.1, 0.15) is 23.6 Å². The van der Waals surface area contributed by atoms with Gasteiger partial charge in [0.25, 0.3) is 0 Å². The van der Waals surface area contributed by atoms with Crippen LogP contribution in [0.15, 0.2) is 54.6 Å². The molecule has 2 aromatic carbocycles. The van der Waals surface area contributed by atoms with Gasteiger partial charge in [0.1, 0.15) is 12.4 Å². The van der Waals surface area contributed by atoms with Gasteiger partial charge in [-0.3, -0.25) is 4.90 Å². The van der Waals surface area contributed by atoms with Crippen LogP contribution in [-0.2, 0) is 6.54 Å². The van der Waals surface area contributed by atoms with E-state index in [0.717, 1.165) is 38.4 Å². The normalized spacial score (nSPS) is 16.6. The molecule has 110 valence electrons. The third kappa shape index (κ3) is 3.63. The van der Waals surface area contributed by atoms with E-state index in [1.54, 1.807) is 0 Å². The van der Waals surface area contributed by atoms with Crippen LogP contribution in [-0.4, -0.2) is 24.6 Å². The smallest absolute Gasteiger partial charge is 0.123 e. The molecule has 3 nitrogen and oxygen atoms in total. The van der Waals surface area contributed by atoms with Crippen molar-refractivity contribution in [1.82, 2.24) is 4.90 Å². The molecule has 1 aliphatic rings. The minimum absolute atomic E-state index is 0.102. The van der Waals surface area contributed by atoms with E-state index in [0.29, 0.717) is 0 Å². The highest BCUT2D eigenvalue weighted by Gasteiger charge is 2.15. The minimum Gasteiger partial charge on any atom is -0.492 e. The molecule has 0 aliphatic carbocycles. The van der Waals surface area contributed by atoms with E-state index in [4.69, 9.17) is 10.5 Å². The number of para-hydroxylation sites is 1. The van der Waals surface area contributed by atoms with Gasteiger partial charge >= 0.3 is 0 Å². The largest absolute Gasteiger partial charge is 0.492 e. The van der Waals surface area contributed by atoms with Crippen LogP contribution in [0.3, 0.4) is 0 Å². The number of hydrogen-bond acceptors (Lipinski definition) is 3. The van der Waals surface area contributed by atoms with Crippen LogP contribution < -0.4 is 10.5 Å². The Balaban J connectivity index is 1.59. The van der Waals surface area contributed by atoms with E-state index in [2.05, 4.69) is 35.2 Å². The van der Waals surface area contributed by atoms with Crippen LogP contribution in [0.4, 0.5) is 0 Å². The van der Waals surface area contributed by atoms with Crippen LogP contribution >= 0.6 is 0 Å². The molecule has 2 N–H and O–H groups in total. The third-order valence-electron chi connectivity index (χ3n) is 4.02. The number of nitrogens with zero attached hydrogens (tertiary/aromatic N) is 1. The van der Waals surface area contributed by atoms with Gasteiger partial charge in [-0.05, 0) is 18.1 Å². The first-order valence-corrected chi connectivity index (χ1v) is 7.56. The molecule has 1 unspecified atom stereocenters. The predicted octanol–water partition coefficient (Wildman–Crippen LogP) is 2.97. The average Bonchev–Trinajstić information content (AvgIpc) is 2.75. The summed E-state index contributed by atoms with van der Waals surface area (Å²) in [6.45, 7) is 3.64. The van der Waals surface area contributed by atoms with Gasteiger partial charge in [-0.15, -0.1) is 0 Å². The molecule has 21 heavy (non-hydrogen) atoms. The lowest BCUT2D eigenvalue weighted by atomic mass is 10.0. The number of rotatable bonds is 4. The number of nitrogens with two attached hydrogens (primary N) is 1. The van der Waals surface area contributed by atoms with Gasteiger partial charge in [0, 0.05) is 31.2 Å². The monoisotopic (exact) mass is 282 g/mol. The van der Waals surface area contributed by atoms with Gasteiger partial charge in [0.15, 0.2) is 0 Å². The summed E-state index contributed by atoms with van der Waals surface area (Å²) in [6.07, 6.45) is 0.964. The van der Waals surface area contributed by atoms with E-state index in [1.807, 2.05) is 24.3 Å². The molecule has 1 atom stereocenters. The van der Waals surface area contributed by atoms with Crippen LogP contribution in [0.25, 0.3) is 0 Å². The van der Waals surface area contributed by atoms with E-state index in [-0.39, 0.29) is 6.04 Å². The van der Waals surface area contributed by atoms with Gasteiger partial charge in [0.05, 0.1) is 0 Å². The lowest BCUT2D eigenvalue weighted by Gasteiger charge is -2.21. The second-order valence-corrected chi connectivity index (χ2v) is 5.54. The van der Waals surface area contributed by atoms with Crippen molar-refractivity contribution in [2.24, 2.45) is 5.73 Å². The molecule has 0 saturated carbocycles. The summed E-state index contributed by atoms with van der Waals surface area (Å²) in [7, 11) is 0. The van der Waals surface area contributed by atoms with Crippen molar-refractivity contribution >= 4 is 0 Å². The first-order chi connectivity index (χ1) is 10.3. The molecule has 0 amide bonds. The summed E-state index contributed by atoms with van der Waals surface area (Å²) in [4.78, 5) is 2.43. The second kappa shape index (κ2) is 6.74. The summed E-state index contributed by atoms with van der Waals surface area (Å²) in [6, 6.07) is 18.7. The molecule has 0 saturated heterocycles. The first-order valence-electron chi connectivity index (χ1n) is 7.56. The summed E-state index contributed by atoms with van der Waals surface area (Å²) >= 11 is 0. The Hall–Kier alpha value is -1.84. The molecule has 1 heterocycles. The van der Waals surface area contributed by atoms with Crippen molar-refractivity contribution in [3.63, 3.8) is 0 Å². The molecule has 0 aromatic heterocycles. The number of ether oxygens (including phenoxy) is 1. The SMILES string of the molecule is NC(CCN1CCOc2ccccc2C1)c1ccccc1. The molecular weight excluding hydrogens is 260 g/mol. The lowest BCUT2D eigenvalue weighted by molar-refractivity contribution is 0.220. The fraction of sp³-hybridized carbons (Fsp3) is 0.333. The maximum Gasteiger partial charge on any atom is 0.123 e. The van der Waals surface area contributed by atoms with Crippen molar-refractivity contribution in [2.45, 2.75) is 19.0 Å². The second-order valence-electron chi connectivity index (χ2n) is 5.54. The Morgan fingerprint density at radius 2 is 1.81 bits per heavy atom. The molecule has 2 aromatic rings. The zero-order valence-corrected chi connectivity index (χ0v) is 12.2. The standard InChI is InChI=1S/C18H22N2O/c19-17(15-6-2-1-3-7-15)10-11-20-12-13-21-18-9-5-4-8-16(18)14-20/h1-9,17H,10-14,19H2. The van der Waals surface area contributed by atoms with Crippen molar-refractivity contribution in [1.29, 1.82) is 0 Å². The minimum atomic E-state index is 0.102. The van der Waals surface area contributed by atoms with Crippen molar-refractivity contribution in [2.75, 3.05) is 19.7 Å². The van der Waals surface area contributed by atoms with E-state index >= 15 is 0 Å². The molecule has 0 fully saturated rings. The van der Waals surface area contributed by atoms with E-state index in [9.17, 15) is 0 Å². The van der Waals surface area contributed by atoms with E-state index in [1.165, 1.54) is 11.1 Å². The molecule has 1 aliphatic heterocycles. The van der Waals surface area contributed by atoms with Gasteiger partial charge in [-0.2, -0.15) is 0 Å². The van der Waals surface area contributed by atoms with Crippen molar-refractivity contribution in [3.05, 3.63) is 65.7 Å². The topological polar surface area (TPSA) is 38.5 Å². The molecule has 3 heteroatoms. The first kappa shape index (κ1) is 14.1. The summed E-state index contributed by atoms with van der Waals surface area (Å²) in [5.41, 5.74) is 8.77. The Kier molecular flexibility index (Phi) is 4.53. The molecule has 0 bridgehead atoms. The highest BCUT2D eigenvalue weighted by atomic mass is 16.5.